The van der Waals surface area contributed by atoms with E-state index in [0.717, 1.165) is 64.2 Å². The maximum atomic E-state index is 11.5. The molecule has 0 aliphatic heterocycles. The second kappa shape index (κ2) is 14.9. The van der Waals surface area contributed by atoms with E-state index in [0.29, 0.717) is 0 Å². The molecule has 24 heavy (non-hydrogen) atoms. The van der Waals surface area contributed by atoms with Gasteiger partial charge in [0.15, 0.2) is 0 Å². The molecule has 0 saturated heterocycles. The van der Waals surface area contributed by atoms with Gasteiger partial charge in [-0.15, -0.1) is 0 Å². The lowest BCUT2D eigenvalue weighted by Crippen LogP contribution is -2.43. The van der Waals surface area contributed by atoms with E-state index in [1.165, 1.54) is 0 Å². The minimum Gasteiger partial charge on any atom is -0.481 e. The standard InChI is InChI=1S/C17H31NO6/c19-13-14(17(23)24)18-15(20)11-9-7-5-3-1-2-4-6-8-10-12-16(21)22/h14,19H,1-13H2,(H,18,20)(H,21,22)(H,23,24). The predicted octanol–water partition coefficient (Wildman–Crippen LogP) is 2.31. The summed E-state index contributed by atoms with van der Waals surface area (Å²) in [5.41, 5.74) is 0. The van der Waals surface area contributed by atoms with Crippen molar-refractivity contribution < 1.29 is 29.7 Å². The van der Waals surface area contributed by atoms with Crippen LogP contribution in [0.3, 0.4) is 0 Å². The summed E-state index contributed by atoms with van der Waals surface area (Å²) in [6, 6.07) is -1.21. The van der Waals surface area contributed by atoms with E-state index in [1.54, 1.807) is 0 Å². The van der Waals surface area contributed by atoms with Crippen LogP contribution in [0.15, 0.2) is 0 Å². The number of carbonyl (C=O) groups excluding carboxylic acids is 1. The summed E-state index contributed by atoms with van der Waals surface area (Å²) in [5.74, 6) is -2.29. The topological polar surface area (TPSA) is 124 Å². The van der Waals surface area contributed by atoms with Crippen molar-refractivity contribution in [3.63, 3.8) is 0 Å². The molecule has 0 fully saturated rings. The summed E-state index contributed by atoms with van der Waals surface area (Å²) in [5, 5.41) is 28.3. The normalized spacial score (nSPS) is 11.9. The molecule has 0 aliphatic carbocycles. The predicted molar refractivity (Wildman–Crippen MR) is 89.7 cm³/mol. The molecule has 0 aliphatic rings. The van der Waals surface area contributed by atoms with Crippen LogP contribution in [-0.2, 0) is 14.4 Å². The van der Waals surface area contributed by atoms with Gasteiger partial charge in [0, 0.05) is 12.8 Å². The van der Waals surface area contributed by atoms with Gasteiger partial charge >= 0.3 is 11.9 Å². The highest BCUT2D eigenvalue weighted by atomic mass is 16.4. The highest BCUT2D eigenvalue weighted by Crippen LogP contribution is 2.12. The number of amides is 1. The molecule has 0 aromatic carbocycles. The van der Waals surface area contributed by atoms with Crippen LogP contribution in [0.4, 0.5) is 0 Å². The third-order valence-corrected chi connectivity index (χ3v) is 3.86. The fraction of sp³-hybridized carbons (Fsp3) is 0.824. The van der Waals surface area contributed by atoms with Gasteiger partial charge in [-0.3, -0.25) is 9.59 Å². The van der Waals surface area contributed by atoms with E-state index in [2.05, 4.69) is 5.32 Å². The minimum atomic E-state index is -1.23. The van der Waals surface area contributed by atoms with Crippen LogP contribution in [-0.4, -0.2) is 45.8 Å². The van der Waals surface area contributed by atoms with Crippen molar-refractivity contribution in [1.29, 1.82) is 0 Å². The number of aliphatic hydroxyl groups excluding tert-OH is 1. The van der Waals surface area contributed by atoms with E-state index in [-0.39, 0.29) is 18.7 Å². The first-order valence-electron chi connectivity index (χ1n) is 8.82. The quantitative estimate of drug-likeness (QED) is 0.318. The lowest BCUT2D eigenvalue weighted by atomic mass is 10.0. The molecule has 4 N–H and O–H groups in total. The average Bonchev–Trinajstić information content (AvgIpc) is 2.53. The molecule has 0 aromatic rings. The van der Waals surface area contributed by atoms with Crippen molar-refractivity contribution in [2.45, 2.75) is 83.1 Å². The zero-order valence-corrected chi connectivity index (χ0v) is 14.3. The highest BCUT2D eigenvalue weighted by molar-refractivity contribution is 5.83. The van der Waals surface area contributed by atoms with Gasteiger partial charge in [-0.05, 0) is 12.8 Å². The molecule has 7 nitrogen and oxygen atoms in total. The Hall–Kier alpha value is -1.63. The molecule has 1 atom stereocenters. The number of hydrogen-bond donors (Lipinski definition) is 4. The van der Waals surface area contributed by atoms with Gasteiger partial charge in [-0.1, -0.05) is 51.4 Å². The van der Waals surface area contributed by atoms with Gasteiger partial charge in [-0.2, -0.15) is 0 Å². The third kappa shape index (κ3) is 14.0. The van der Waals surface area contributed by atoms with Gasteiger partial charge in [0.2, 0.25) is 5.91 Å². The minimum absolute atomic E-state index is 0.263. The Kier molecular flexibility index (Phi) is 13.9. The maximum absolute atomic E-state index is 11.5. The molecule has 0 spiro atoms. The molecule has 0 aromatic heterocycles. The van der Waals surface area contributed by atoms with Crippen molar-refractivity contribution in [2.24, 2.45) is 0 Å². The summed E-state index contributed by atoms with van der Waals surface area (Å²) in [6.45, 7) is -0.600. The van der Waals surface area contributed by atoms with Crippen LogP contribution >= 0.6 is 0 Å². The van der Waals surface area contributed by atoms with Crippen LogP contribution in [0.25, 0.3) is 0 Å². The Morgan fingerprint density at radius 1 is 0.708 bits per heavy atom. The Bertz CT molecular complexity index is 372. The van der Waals surface area contributed by atoms with E-state index in [9.17, 15) is 14.4 Å². The number of hydrogen-bond acceptors (Lipinski definition) is 4. The van der Waals surface area contributed by atoms with Crippen LogP contribution in [0.1, 0.15) is 77.0 Å². The smallest absolute Gasteiger partial charge is 0.328 e. The van der Waals surface area contributed by atoms with E-state index in [4.69, 9.17) is 15.3 Å². The highest BCUT2D eigenvalue weighted by Gasteiger charge is 2.17. The number of carboxylic acids is 2. The Labute approximate surface area is 143 Å². The summed E-state index contributed by atoms with van der Waals surface area (Å²) in [7, 11) is 0. The van der Waals surface area contributed by atoms with E-state index < -0.39 is 24.6 Å². The zero-order valence-electron chi connectivity index (χ0n) is 14.3. The summed E-state index contributed by atoms with van der Waals surface area (Å²) < 4.78 is 0. The number of carbonyl (C=O) groups is 3. The van der Waals surface area contributed by atoms with Crippen LogP contribution < -0.4 is 5.32 Å². The molecule has 0 saturated carbocycles. The van der Waals surface area contributed by atoms with Gasteiger partial charge in [0.25, 0.3) is 0 Å². The molecule has 1 amide bonds. The number of unbranched alkanes of at least 4 members (excludes halogenated alkanes) is 9. The summed E-state index contributed by atoms with van der Waals surface area (Å²) in [6.07, 6.45) is 10.6. The van der Waals surface area contributed by atoms with E-state index in [1.807, 2.05) is 0 Å². The molecule has 0 radical (unpaired) electrons. The third-order valence-electron chi connectivity index (χ3n) is 3.86. The van der Waals surface area contributed by atoms with Gasteiger partial charge in [0.1, 0.15) is 6.04 Å². The first-order valence-corrected chi connectivity index (χ1v) is 8.82. The molecule has 0 rings (SSSR count). The molecular weight excluding hydrogens is 314 g/mol. The van der Waals surface area contributed by atoms with Crippen molar-refractivity contribution in [3.8, 4) is 0 Å². The van der Waals surface area contributed by atoms with Crippen molar-refractivity contribution in [2.75, 3.05) is 6.61 Å². The fourth-order valence-corrected chi connectivity index (χ4v) is 2.43. The van der Waals surface area contributed by atoms with Crippen LogP contribution in [0, 0.1) is 0 Å². The van der Waals surface area contributed by atoms with Gasteiger partial charge in [-0.25, -0.2) is 4.79 Å². The number of rotatable bonds is 16. The Morgan fingerprint density at radius 2 is 1.12 bits per heavy atom. The van der Waals surface area contributed by atoms with Crippen molar-refractivity contribution >= 4 is 17.8 Å². The second-order valence-electron chi connectivity index (χ2n) is 6.07. The zero-order chi connectivity index (χ0) is 18.2. The number of nitrogens with one attached hydrogen (secondary N) is 1. The fourth-order valence-electron chi connectivity index (χ4n) is 2.43. The average molecular weight is 345 g/mol. The number of aliphatic carboxylic acids is 2. The van der Waals surface area contributed by atoms with Crippen molar-refractivity contribution in [3.05, 3.63) is 0 Å². The molecule has 0 heterocycles. The van der Waals surface area contributed by atoms with Crippen LogP contribution in [0.2, 0.25) is 0 Å². The first kappa shape index (κ1) is 22.4. The monoisotopic (exact) mass is 345 g/mol. The van der Waals surface area contributed by atoms with Crippen LogP contribution in [0.5, 0.6) is 0 Å². The largest absolute Gasteiger partial charge is 0.481 e. The molecular formula is C17H31NO6. The molecule has 1 unspecified atom stereocenters. The maximum Gasteiger partial charge on any atom is 0.328 e. The van der Waals surface area contributed by atoms with Gasteiger partial charge < -0.3 is 20.6 Å². The lowest BCUT2D eigenvalue weighted by Gasteiger charge is -2.11. The summed E-state index contributed by atoms with van der Waals surface area (Å²) in [4.78, 5) is 32.5. The first-order chi connectivity index (χ1) is 11.5. The van der Waals surface area contributed by atoms with Crippen molar-refractivity contribution in [1.82, 2.24) is 5.32 Å². The molecule has 140 valence electrons. The molecule has 0 bridgehead atoms. The SMILES string of the molecule is O=C(O)CCCCCCCCCCCCC(=O)NC(CO)C(=O)O. The summed E-state index contributed by atoms with van der Waals surface area (Å²) >= 11 is 0. The van der Waals surface area contributed by atoms with E-state index >= 15 is 0 Å². The Balaban J connectivity index is 3.34. The second-order valence-corrected chi connectivity index (χ2v) is 6.07. The lowest BCUT2D eigenvalue weighted by molar-refractivity contribution is -0.143. The number of carboxylic acid groups (broad SMARTS) is 2. The number of aliphatic hydroxyl groups is 1. The Morgan fingerprint density at radius 3 is 1.50 bits per heavy atom. The van der Waals surface area contributed by atoms with Gasteiger partial charge in [0.05, 0.1) is 6.61 Å². The molecule has 7 heteroatoms.